The first-order valence-corrected chi connectivity index (χ1v) is 11.3. The smallest absolute Gasteiger partial charge is 0.309 e. The molecule has 0 bridgehead atoms. The van der Waals surface area contributed by atoms with Crippen LogP contribution in [0.3, 0.4) is 0 Å². The van der Waals surface area contributed by atoms with E-state index < -0.39 is 11.8 Å². The van der Waals surface area contributed by atoms with Crippen molar-refractivity contribution < 1.29 is 18.7 Å². The number of rotatable bonds is 8. The number of para-hydroxylation sites is 2. The van der Waals surface area contributed by atoms with E-state index in [1.54, 1.807) is 31.6 Å². The summed E-state index contributed by atoms with van der Waals surface area (Å²) in [4.78, 5) is 33.5. The van der Waals surface area contributed by atoms with Crippen molar-refractivity contribution in [3.8, 4) is 5.75 Å². The van der Waals surface area contributed by atoms with Crippen LogP contribution in [-0.4, -0.2) is 61.5 Å². The van der Waals surface area contributed by atoms with E-state index in [2.05, 4.69) is 31.5 Å². The van der Waals surface area contributed by atoms with Gasteiger partial charge in [0.2, 0.25) is 0 Å². The standard InChI is InChI=1S/C25H29N5O4/c1-33-23-9-3-2-8-21(23)29-11-13-30(14-12-29)22(19-6-4-10-26-16-19)18-28-25(32)24(31)27-17-20-7-5-15-34-20/h2-10,15-16,22H,11-14,17-18H2,1H3,(H,27,31)(H,28,32)/t22-/m0/s1. The molecule has 1 aliphatic rings. The molecule has 0 spiro atoms. The number of methoxy groups -OCH3 is 1. The number of carbonyl (C=O) groups is 2. The highest BCUT2D eigenvalue weighted by molar-refractivity contribution is 6.35. The number of aromatic nitrogens is 1. The minimum atomic E-state index is -0.692. The van der Waals surface area contributed by atoms with Crippen molar-refractivity contribution in [2.24, 2.45) is 0 Å². The number of nitrogens with one attached hydrogen (secondary N) is 2. The lowest BCUT2D eigenvalue weighted by atomic mass is 10.1. The third kappa shape index (κ3) is 5.74. The predicted molar refractivity (Wildman–Crippen MR) is 127 cm³/mol. The summed E-state index contributed by atoms with van der Waals surface area (Å²) in [5, 5.41) is 5.36. The molecule has 0 unspecified atom stereocenters. The zero-order valence-electron chi connectivity index (χ0n) is 19.1. The van der Waals surface area contributed by atoms with Crippen molar-refractivity contribution in [1.82, 2.24) is 20.5 Å². The van der Waals surface area contributed by atoms with Crippen molar-refractivity contribution in [3.63, 3.8) is 0 Å². The molecule has 1 aliphatic heterocycles. The Labute approximate surface area is 198 Å². The topological polar surface area (TPSA) is 99.9 Å². The summed E-state index contributed by atoms with van der Waals surface area (Å²) < 4.78 is 10.7. The molecule has 4 rings (SSSR count). The van der Waals surface area contributed by atoms with Crippen molar-refractivity contribution in [3.05, 3.63) is 78.5 Å². The Kier molecular flexibility index (Phi) is 7.77. The monoisotopic (exact) mass is 463 g/mol. The molecule has 9 nitrogen and oxygen atoms in total. The maximum Gasteiger partial charge on any atom is 0.309 e. The molecular formula is C25H29N5O4. The van der Waals surface area contributed by atoms with Crippen molar-refractivity contribution in [1.29, 1.82) is 0 Å². The Morgan fingerprint density at radius 1 is 1.03 bits per heavy atom. The van der Waals surface area contributed by atoms with Crippen LogP contribution in [0, 0.1) is 0 Å². The predicted octanol–water partition coefficient (Wildman–Crippen LogP) is 1.98. The van der Waals surface area contributed by atoms with Crippen molar-refractivity contribution in [2.75, 3.05) is 44.7 Å². The summed E-state index contributed by atoms with van der Waals surface area (Å²) >= 11 is 0. The van der Waals surface area contributed by atoms with Crippen molar-refractivity contribution >= 4 is 17.5 Å². The van der Waals surface area contributed by atoms with Crippen LogP contribution < -0.4 is 20.3 Å². The number of nitrogens with zero attached hydrogens (tertiary/aromatic N) is 3. The van der Waals surface area contributed by atoms with Gasteiger partial charge in [-0.2, -0.15) is 0 Å². The average molecular weight is 464 g/mol. The molecule has 2 amide bonds. The molecule has 1 aromatic carbocycles. The Morgan fingerprint density at radius 3 is 2.53 bits per heavy atom. The molecule has 1 atom stereocenters. The minimum Gasteiger partial charge on any atom is -0.495 e. The summed E-state index contributed by atoms with van der Waals surface area (Å²) in [6, 6.07) is 15.2. The van der Waals surface area contributed by atoms with Crippen molar-refractivity contribution in [2.45, 2.75) is 12.6 Å². The largest absolute Gasteiger partial charge is 0.495 e. The quantitative estimate of drug-likeness (QED) is 0.493. The fourth-order valence-electron chi connectivity index (χ4n) is 4.13. The van der Waals surface area contributed by atoms with Crippen LogP contribution in [-0.2, 0) is 16.1 Å². The average Bonchev–Trinajstić information content (AvgIpc) is 3.42. The number of piperazine rings is 1. The molecule has 2 N–H and O–H groups in total. The summed E-state index contributed by atoms with van der Waals surface area (Å²) in [6.07, 6.45) is 5.05. The molecule has 1 saturated heterocycles. The van der Waals surface area contributed by atoms with Gasteiger partial charge in [-0.3, -0.25) is 19.5 Å². The molecule has 3 aromatic rings. The van der Waals surface area contributed by atoms with Gasteiger partial charge in [0.05, 0.1) is 31.6 Å². The van der Waals surface area contributed by atoms with Gasteiger partial charge in [0.25, 0.3) is 0 Å². The molecule has 1 fully saturated rings. The first-order chi connectivity index (χ1) is 16.7. The maximum atomic E-state index is 12.4. The van der Waals surface area contributed by atoms with Crippen LogP contribution in [0.15, 0.2) is 71.6 Å². The summed E-state index contributed by atoms with van der Waals surface area (Å²) in [7, 11) is 1.68. The number of pyridine rings is 1. The van der Waals surface area contributed by atoms with Crippen LogP contribution in [0.1, 0.15) is 17.4 Å². The lowest BCUT2D eigenvalue weighted by Crippen LogP contribution is -2.51. The van der Waals surface area contributed by atoms with Gasteiger partial charge in [-0.05, 0) is 35.9 Å². The highest BCUT2D eigenvalue weighted by Gasteiger charge is 2.27. The van der Waals surface area contributed by atoms with Gasteiger partial charge in [-0.1, -0.05) is 18.2 Å². The second-order valence-corrected chi connectivity index (χ2v) is 7.97. The Hall–Kier alpha value is -3.85. The summed E-state index contributed by atoms with van der Waals surface area (Å²) in [5.74, 6) is 0.0744. The fourth-order valence-corrected chi connectivity index (χ4v) is 4.13. The number of hydrogen-bond acceptors (Lipinski definition) is 7. The molecular weight excluding hydrogens is 434 g/mol. The number of amides is 2. The van der Waals surface area contributed by atoms with Gasteiger partial charge in [-0.15, -0.1) is 0 Å². The van der Waals surface area contributed by atoms with E-state index in [4.69, 9.17) is 9.15 Å². The molecule has 0 radical (unpaired) electrons. The fraction of sp³-hybridized carbons (Fsp3) is 0.320. The van der Waals surface area contributed by atoms with Gasteiger partial charge in [0.15, 0.2) is 0 Å². The number of anilines is 1. The third-order valence-corrected chi connectivity index (χ3v) is 5.92. The summed E-state index contributed by atoms with van der Waals surface area (Å²) in [6.45, 7) is 3.67. The van der Waals surface area contributed by atoms with E-state index in [1.807, 2.05) is 30.3 Å². The zero-order valence-corrected chi connectivity index (χ0v) is 19.1. The van der Waals surface area contributed by atoms with Gasteiger partial charge in [-0.25, -0.2) is 0 Å². The highest BCUT2D eigenvalue weighted by atomic mass is 16.5. The van der Waals surface area contributed by atoms with E-state index in [0.717, 1.165) is 43.2 Å². The number of benzene rings is 1. The molecule has 9 heteroatoms. The van der Waals surface area contributed by atoms with E-state index in [-0.39, 0.29) is 12.6 Å². The third-order valence-electron chi connectivity index (χ3n) is 5.92. The molecule has 34 heavy (non-hydrogen) atoms. The highest BCUT2D eigenvalue weighted by Crippen LogP contribution is 2.30. The second-order valence-electron chi connectivity index (χ2n) is 7.97. The minimum absolute atomic E-state index is 0.102. The van der Waals surface area contributed by atoms with Gasteiger partial charge >= 0.3 is 11.8 Å². The molecule has 3 heterocycles. The lowest BCUT2D eigenvalue weighted by molar-refractivity contribution is -0.139. The normalized spacial score (nSPS) is 14.9. The Balaban J connectivity index is 1.37. The van der Waals surface area contributed by atoms with Crippen LogP contribution in [0.4, 0.5) is 5.69 Å². The number of furan rings is 1. The van der Waals surface area contributed by atoms with E-state index in [9.17, 15) is 9.59 Å². The molecule has 0 saturated carbocycles. The Bertz CT molecular complexity index is 1070. The van der Waals surface area contributed by atoms with E-state index >= 15 is 0 Å². The lowest BCUT2D eigenvalue weighted by Gasteiger charge is -2.40. The van der Waals surface area contributed by atoms with Gasteiger partial charge in [0, 0.05) is 45.1 Å². The first kappa shape index (κ1) is 23.3. The zero-order chi connectivity index (χ0) is 23.8. The first-order valence-electron chi connectivity index (χ1n) is 11.3. The Morgan fingerprint density at radius 2 is 1.82 bits per heavy atom. The second kappa shape index (κ2) is 11.3. The molecule has 178 valence electrons. The number of hydrogen-bond donors (Lipinski definition) is 2. The summed E-state index contributed by atoms with van der Waals surface area (Å²) in [5.41, 5.74) is 2.06. The van der Waals surface area contributed by atoms with Crippen LogP contribution in [0.25, 0.3) is 0 Å². The van der Waals surface area contributed by atoms with Crippen LogP contribution >= 0.6 is 0 Å². The molecule has 0 aliphatic carbocycles. The van der Waals surface area contributed by atoms with Crippen LogP contribution in [0.2, 0.25) is 0 Å². The van der Waals surface area contributed by atoms with Gasteiger partial charge in [0.1, 0.15) is 11.5 Å². The SMILES string of the molecule is COc1ccccc1N1CCN([C@@H](CNC(=O)C(=O)NCc2ccco2)c2cccnc2)CC1. The maximum absolute atomic E-state index is 12.4. The number of carbonyl (C=O) groups excluding carboxylic acids is 2. The molecule has 2 aromatic heterocycles. The van der Waals surface area contributed by atoms with E-state index in [0.29, 0.717) is 12.3 Å². The van der Waals surface area contributed by atoms with Gasteiger partial charge < -0.3 is 24.7 Å². The van der Waals surface area contributed by atoms with E-state index in [1.165, 1.54) is 6.26 Å². The number of ether oxygens (including phenoxy) is 1. The van der Waals surface area contributed by atoms with Crippen LogP contribution in [0.5, 0.6) is 5.75 Å².